The molecule has 0 amide bonds. The number of hydrogen-bond acceptors (Lipinski definition) is 4. The second kappa shape index (κ2) is 3.86. The number of rotatable bonds is 2. The molecule has 2 atom stereocenters. The number of azo groups is 1. The van der Waals surface area contributed by atoms with Gasteiger partial charge in [0.25, 0.3) is 0 Å². The van der Waals surface area contributed by atoms with Gasteiger partial charge >= 0.3 is 0 Å². The molecule has 0 aromatic carbocycles. The summed E-state index contributed by atoms with van der Waals surface area (Å²) in [5.74, 6) is 0. The molecule has 0 saturated heterocycles. The van der Waals surface area contributed by atoms with E-state index in [9.17, 15) is 0 Å². The normalized spacial score (nSPS) is 19.0. The van der Waals surface area contributed by atoms with Crippen molar-refractivity contribution in [2.45, 2.75) is 25.4 Å². The van der Waals surface area contributed by atoms with E-state index in [0.29, 0.717) is 0 Å². The molecule has 0 rings (SSSR count). The lowest BCUT2D eigenvalue weighted by molar-refractivity contribution is 0.706. The van der Waals surface area contributed by atoms with Crippen molar-refractivity contribution in [1.82, 2.24) is 0 Å². The molecule has 0 aliphatic rings. The SMILES string of the molecule is CC(N)N=NC(C)S. The fourth-order valence-corrected chi connectivity index (χ4v) is 0.261. The van der Waals surface area contributed by atoms with Gasteiger partial charge in [-0.15, -0.1) is 0 Å². The third kappa shape index (κ3) is 5.91. The Balaban J connectivity index is 3.34. The Bertz CT molecular complexity index is 69.4. The van der Waals surface area contributed by atoms with Gasteiger partial charge in [-0.3, -0.25) is 0 Å². The molecule has 3 nitrogen and oxygen atoms in total. The summed E-state index contributed by atoms with van der Waals surface area (Å²) in [5.41, 5.74) is 5.25. The van der Waals surface area contributed by atoms with E-state index < -0.39 is 0 Å². The Morgan fingerprint density at radius 3 is 2.00 bits per heavy atom. The first-order valence-corrected chi connectivity index (χ1v) is 2.98. The molecule has 0 saturated carbocycles. The third-order valence-electron chi connectivity index (χ3n) is 0.416. The van der Waals surface area contributed by atoms with Crippen LogP contribution in [-0.2, 0) is 0 Å². The predicted molar refractivity (Wildman–Crippen MR) is 37.0 cm³/mol. The first kappa shape index (κ1) is 7.91. The van der Waals surface area contributed by atoms with E-state index in [1.54, 1.807) is 6.92 Å². The van der Waals surface area contributed by atoms with Crippen LogP contribution in [0.1, 0.15) is 13.8 Å². The third-order valence-corrected chi connectivity index (χ3v) is 0.519. The van der Waals surface area contributed by atoms with Gasteiger partial charge in [0.15, 0.2) is 0 Å². The molecule has 0 bridgehead atoms. The molecule has 0 fully saturated rings. The zero-order valence-corrected chi connectivity index (χ0v) is 5.97. The molecule has 0 aliphatic carbocycles. The zero-order valence-electron chi connectivity index (χ0n) is 5.07. The zero-order chi connectivity index (χ0) is 6.57. The predicted octanol–water partition coefficient (Wildman–Crippen LogP) is 1.02. The number of nitrogens with zero attached hydrogens (tertiary/aromatic N) is 2. The lowest BCUT2D eigenvalue weighted by Crippen LogP contribution is -2.10. The fourth-order valence-electron chi connectivity index (χ4n) is 0.202. The van der Waals surface area contributed by atoms with Crippen LogP contribution in [0.15, 0.2) is 10.2 Å². The molecule has 0 radical (unpaired) electrons. The van der Waals surface area contributed by atoms with Crippen molar-refractivity contribution in [3.63, 3.8) is 0 Å². The summed E-state index contributed by atoms with van der Waals surface area (Å²) in [4.78, 5) is 0. The first-order valence-electron chi connectivity index (χ1n) is 2.46. The van der Waals surface area contributed by atoms with Gasteiger partial charge in [-0.25, -0.2) is 0 Å². The highest BCUT2D eigenvalue weighted by molar-refractivity contribution is 7.80. The van der Waals surface area contributed by atoms with Crippen molar-refractivity contribution in [2.75, 3.05) is 0 Å². The number of hydrogen-bond donors (Lipinski definition) is 2. The van der Waals surface area contributed by atoms with Crippen molar-refractivity contribution in [3.8, 4) is 0 Å². The van der Waals surface area contributed by atoms with Crippen LogP contribution in [-0.4, -0.2) is 11.5 Å². The lowest BCUT2D eigenvalue weighted by Gasteiger charge is -1.94. The van der Waals surface area contributed by atoms with E-state index >= 15 is 0 Å². The van der Waals surface area contributed by atoms with Gasteiger partial charge in [-0.2, -0.15) is 22.9 Å². The van der Waals surface area contributed by atoms with Crippen molar-refractivity contribution in [2.24, 2.45) is 16.0 Å². The number of nitrogens with two attached hydrogens (primary N) is 1. The van der Waals surface area contributed by atoms with Gasteiger partial charge in [-0.1, -0.05) is 0 Å². The van der Waals surface area contributed by atoms with E-state index in [-0.39, 0.29) is 11.5 Å². The highest BCUT2D eigenvalue weighted by Crippen LogP contribution is 1.94. The van der Waals surface area contributed by atoms with E-state index in [0.717, 1.165) is 0 Å². The molecule has 48 valence electrons. The van der Waals surface area contributed by atoms with E-state index in [1.807, 2.05) is 6.92 Å². The highest BCUT2D eigenvalue weighted by Gasteiger charge is 1.87. The molecular weight excluding hydrogens is 122 g/mol. The van der Waals surface area contributed by atoms with E-state index in [2.05, 4.69) is 22.9 Å². The van der Waals surface area contributed by atoms with Crippen molar-refractivity contribution in [1.29, 1.82) is 0 Å². The van der Waals surface area contributed by atoms with Crippen molar-refractivity contribution < 1.29 is 0 Å². The molecule has 8 heavy (non-hydrogen) atoms. The largest absolute Gasteiger partial charge is 0.308 e. The van der Waals surface area contributed by atoms with Crippen LogP contribution in [0.4, 0.5) is 0 Å². The van der Waals surface area contributed by atoms with Crippen LogP contribution in [0, 0.1) is 0 Å². The van der Waals surface area contributed by atoms with Gasteiger partial charge in [0.05, 0.1) is 0 Å². The average Bonchev–Trinajstić information content (AvgIpc) is 1.61. The first-order chi connectivity index (χ1) is 3.63. The minimum absolute atomic E-state index is 0.0407. The Hall–Kier alpha value is -0.0900. The fraction of sp³-hybridized carbons (Fsp3) is 1.00. The van der Waals surface area contributed by atoms with Crippen molar-refractivity contribution in [3.05, 3.63) is 0 Å². The Labute approximate surface area is 54.8 Å². The minimum Gasteiger partial charge on any atom is -0.308 e. The summed E-state index contributed by atoms with van der Waals surface area (Å²) in [5, 5.41) is 7.30. The number of thiol groups is 1. The molecule has 0 heterocycles. The highest BCUT2D eigenvalue weighted by atomic mass is 32.1. The Morgan fingerprint density at radius 1 is 1.38 bits per heavy atom. The van der Waals surface area contributed by atoms with Gasteiger partial charge in [0, 0.05) is 0 Å². The standard InChI is InChI=1S/C4H11N3S/c1-3(5)6-7-4(2)8/h3-4,8H,5H2,1-2H3. The Kier molecular flexibility index (Phi) is 3.81. The van der Waals surface area contributed by atoms with Crippen LogP contribution in [0.2, 0.25) is 0 Å². The summed E-state index contributed by atoms with van der Waals surface area (Å²) in [6, 6.07) is 0. The van der Waals surface area contributed by atoms with E-state index in [4.69, 9.17) is 5.73 Å². The van der Waals surface area contributed by atoms with Crippen LogP contribution >= 0.6 is 12.6 Å². The molecule has 0 spiro atoms. The Morgan fingerprint density at radius 2 is 1.88 bits per heavy atom. The maximum absolute atomic E-state index is 5.25. The molecule has 4 heteroatoms. The topological polar surface area (TPSA) is 50.7 Å². The quantitative estimate of drug-likeness (QED) is 0.429. The van der Waals surface area contributed by atoms with Gasteiger partial charge in [0.2, 0.25) is 0 Å². The van der Waals surface area contributed by atoms with Crippen LogP contribution in [0.25, 0.3) is 0 Å². The summed E-state index contributed by atoms with van der Waals surface area (Å²) in [7, 11) is 0. The molecule has 0 aromatic rings. The second-order valence-corrected chi connectivity index (χ2v) is 2.35. The monoisotopic (exact) mass is 133 g/mol. The molecular formula is C4H11N3S. The van der Waals surface area contributed by atoms with Crippen LogP contribution in [0.5, 0.6) is 0 Å². The molecule has 2 unspecified atom stereocenters. The van der Waals surface area contributed by atoms with Crippen LogP contribution < -0.4 is 5.73 Å². The molecule has 0 aliphatic heterocycles. The smallest absolute Gasteiger partial charge is 0.115 e. The summed E-state index contributed by atoms with van der Waals surface area (Å²) in [6.07, 6.45) is -0.204. The minimum atomic E-state index is -0.204. The van der Waals surface area contributed by atoms with Crippen LogP contribution in [0.3, 0.4) is 0 Å². The summed E-state index contributed by atoms with van der Waals surface area (Å²) in [6.45, 7) is 3.59. The average molecular weight is 133 g/mol. The molecule has 0 aromatic heterocycles. The van der Waals surface area contributed by atoms with E-state index in [1.165, 1.54) is 0 Å². The van der Waals surface area contributed by atoms with Gasteiger partial charge in [0.1, 0.15) is 11.5 Å². The van der Waals surface area contributed by atoms with Gasteiger partial charge < -0.3 is 5.73 Å². The second-order valence-electron chi connectivity index (χ2n) is 1.60. The summed E-state index contributed by atoms with van der Waals surface area (Å²) < 4.78 is 0. The molecule has 2 N–H and O–H groups in total. The van der Waals surface area contributed by atoms with Gasteiger partial charge in [-0.05, 0) is 13.8 Å². The maximum atomic E-state index is 5.25. The lowest BCUT2D eigenvalue weighted by atomic mass is 10.7. The summed E-state index contributed by atoms with van der Waals surface area (Å²) >= 11 is 3.96. The van der Waals surface area contributed by atoms with Crippen molar-refractivity contribution >= 4 is 12.6 Å². The maximum Gasteiger partial charge on any atom is 0.115 e.